The fourth-order valence-electron chi connectivity index (χ4n) is 2.92. The molecule has 110 valence electrons. The van der Waals surface area contributed by atoms with Gasteiger partial charge in [-0.15, -0.1) is 0 Å². The van der Waals surface area contributed by atoms with Crippen molar-refractivity contribution in [2.75, 3.05) is 13.6 Å². The molecule has 1 aliphatic carbocycles. The van der Waals surface area contributed by atoms with E-state index in [-0.39, 0.29) is 5.31 Å². The largest absolute Gasteiger partial charge is 0.372 e. The predicted molar refractivity (Wildman–Crippen MR) is 92.1 cm³/mol. The van der Waals surface area contributed by atoms with Gasteiger partial charge in [0.05, 0.1) is 13.3 Å². The number of rotatable bonds is 4. The van der Waals surface area contributed by atoms with Crippen molar-refractivity contribution in [3.63, 3.8) is 0 Å². The second-order valence-electron chi connectivity index (χ2n) is 6.48. The highest BCUT2D eigenvalue weighted by Crippen LogP contribution is 2.43. The monoisotopic (exact) mass is 281 g/mol. The average molecular weight is 281 g/mol. The minimum atomic E-state index is 0.117. The summed E-state index contributed by atoms with van der Waals surface area (Å²) in [5.74, 6) is 1.75. The minimum Gasteiger partial charge on any atom is -0.372 e. The van der Waals surface area contributed by atoms with Gasteiger partial charge in [-0.25, -0.2) is 0 Å². The molecule has 0 aromatic carbocycles. The van der Waals surface area contributed by atoms with Crippen molar-refractivity contribution in [3.8, 4) is 0 Å². The van der Waals surface area contributed by atoms with Gasteiger partial charge in [0.1, 0.15) is 0 Å². The molecule has 0 aromatic rings. The molecule has 0 heterocycles. The van der Waals surface area contributed by atoms with Gasteiger partial charge in [-0.1, -0.05) is 77.3 Å². The van der Waals surface area contributed by atoms with Gasteiger partial charge in [0.15, 0.2) is 0 Å². The Hall–Kier alpha value is -0.0451. The van der Waals surface area contributed by atoms with Crippen LogP contribution < -0.4 is 0 Å². The molecule has 1 nitrogen and oxygen atoms in total. The van der Waals surface area contributed by atoms with E-state index in [0.29, 0.717) is 0 Å². The maximum atomic E-state index is 6.21. The van der Waals surface area contributed by atoms with Crippen molar-refractivity contribution in [2.24, 2.45) is 11.8 Å². The predicted octanol–water partition coefficient (Wildman–Crippen LogP) is 4.86. The molecule has 0 aromatic heterocycles. The van der Waals surface area contributed by atoms with E-state index >= 15 is 0 Å². The van der Waals surface area contributed by atoms with E-state index in [9.17, 15) is 0 Å². The topological polar surface area (TPSA) is 3.24 Å². The lowest BCUT2D eigenvalue weighted by Gasteiger charge is -2.28. The molecule has 19 heavy (non-hydrogen) atoms. The van der Waals surface area contributed by atoms with Crippen molar-refractivity contribution in [2.45, 2.75) is 71.5 Å². The fraction of sp³-hybridized carbons (Fsp3) is 0.938. The zero-order chi connectivity index (χ0) is 14.9. The minimum absolute atomic E-state index is 0.117. The van der Waals surface area contributed by atoms with E-state index in [1.165, 1.54) is 38.5 Å². The Balaban J connectivity index is 0.000000399. The molecule has 0 saturated heterocycles. The van der Waals surface area contributed by atoms with Crippen LogP contribution in [0.15, 0.2) is 0 Å². The zero-order valence-electron chi connectivity index (χ0n) is 13.6. The standard InChI is InChI=1S/C11H21B.C5H11NS/c1-4-10-8-11(3,12)7-5-6-9(10)2;1-3-4-6(2)5-7/h9-10H,4-8H2,1-3H3;5H,3-4H2,1-2H3. The van der Waals surface area contributed by atoms with E-state index < -0.39 is 0 Å². The number of thiocarbonyl (C=S) groups is 1. The van der Waals surface area contributed by atoms with E-state index in [0.717, 1.165) is 18.4 Å². The molecule has 3 atom stereocenters. The molecule has 0 bridgehead atoms. The van der Waals surface area contributed by atoms with Crippen LogP contribution in [0.1, 0.15) is 66.2 Å². The van der Waals surface area contributed by atoms with Gasteiger partial charge >= 0.3 is 0 Å². The molecule has 0 N–H and O–H groups in total. The van der Waals surface area contributed by atoms with E-state index in [2.05, 4.69) is 39.9 Å². The lowest BCUT2D eigenvalue weighted by atomic mass is 9.63. The van der Waals surface area contributed by atoms with Crippen LogP contribution >= 0.6 is 12.2 Å². The van der Waals surface area contributed by atoms with Crippen molar-refractivity contribution < 1.29 is 0 Å². The average Bonchev–Trinajstić information content (AvgIpc) is 2.49. The summed E-state index contributed by atoms with van der Waals surface area (Å²) in [5.41, 5.74) is 1.67. The lowest BCUT2D eigenvalue weighted by molar-refractivity contribution is 0.310. The summed E-state index contributed by atoms with van der Waals surface area (Å²) < 4.78 is 0. The number of nitrogens with zero attached hydrogens (tertiary/aromatic N) is 1. The number of hydrogen-bond acceptors (Lipinski definition) is 1. The fourth-order valence-corrected chi connectivity index (χ4v) is 3.02. The lowest BCUT2D eigenvalue weighted by Crippen LogP contribution is -2.15. The first-order valence-electron chi connectivity index (χ1n) is 7.80. The summed E-state index contributed by atoms with van der Waals surface area (Å²) >= 11 is 4.64. The van der Waals surface area contributed by atoms with Gasteiger partial charge in [0.25, 0.3) is 0 Å². The molecule has 2 radical (unpaired) electrons. The van der Waals surface area contributed by atoms with Crippen LogP contribution in [0.4, 0.5) is 0 Å². The first-order chi connectivity index (χ1) is 8.86. The second-order valence-corrected chi connectivity index (χ2v) is 6.69. The molecular weight excluding hydrogens is 249 g/mol. The molecule has 1 fully saturated rings. The van der Waals surface area contributed by atoms with E-state index in [4.69, 9.17) is 7.85 Å². The highest BCUT2D eigenvalue weighted by molar-refractivity contribution is 7.78. The molecule has 1 rings (SSSR count). The normalized spacial score (nSPS) is 30.8. The van der Waals surface area contributed by atoms with E-state index in [1.807, 2.05) is 11.9 Å². The Labute approximate surface area is 127 Å². The molecule has 3 heteroatoms. The summed E-state index contributed by atoms with van der Waals surface area (Å²) in [6.07, 6.45) is 7.62. The highest BCUT2D eigenvalue weighted by atomic mass is 32.1. The van der Waals surface area contributed by atoms with Crippen LogP contribution in [-0.4, -0.2) is 31.8 Å². The van der Waals surface area contributed by atoms with Crippen LogP contribution in [0, 0.1) is 11.8 Å². The Morgan fingerprint density at radius 3 is 2.47 bits per heavy atom. The molecule has 1 aliphatic rings. The van der Waals surface area contributed by atoms with Crippen molar-refractivity contribution in [1.29, 1.82) is 0 Å². The third-order valence-corrected chi connectivity index (χ3v) is 4.58. The summed E-state index contributed by atoms with van der Waals surface area (Å²) in [6, 6.07) is 0. The highest BCUT2D eigenvalue weighted by Gasteiger charge is 2.28. The van der Waals surface area contributed by atoms with Crippen LogP contribution in [-0.2, 0) is 0 Å². The summed E-state index contributed by atoms with van der Waals surface area (Å²) in [5, 5.41) is 0.117. The van der Waals surface area contributed by atoms with Gasteiger partial charge in [-0.3, -0.25) is 0 Å². The van der Waals surface area contributed by atoms with Crippen LogP contribution in [0.3, 0.4) is 0 Å². The Kier molecular flexibility index (Phi) is 9.77. The first-order valence-corrected chi connectivity index (χ1v) is 8.27. The van der Waals surface area contributed by atoms with Gasteiger partial charge < -0.3 is 4.90 Å². The van der Waals surface area contributed by atoms with Gasteiger partial charge in [-0.05, 0) is 18.3 Å². The Morgan fingerprint density at radius 2 is 2.05 bits per heavy atom. The maximum absolute atomic E-state index is 6.21. The van der Waals surface area contributed by atoms with E-state index in [1.54, 1.807) is 5.49 Å². The molecule has 0 spiro atoms. The van der Waals surface area contributed by atoms with Crippen LogP contribution in [0.5, 0.6) is 0 Å². The Bertz CT molecular complexity index is 243. The third-order valence-electron chi connectivity index (χ3n) is 4.22. The van der Waals surface area contributed by atoms with Crippen LogP contribution in [0.25, 0.3) is 0 Å². The molecule has 0 amide bonds. The summed E-state index contributed by atoms with van der Waals surface area (Å²) in [4.78, 5) is 2.00. The second kappa shape index (κ2) is 9.80. The van der Waals surface area contributed by atoms with Crippen molar-refractivity contribution in [3.05, 3.63) is 0 Å². The van der Waals surface area contributed by atoms with Gasteiger partial charge in [-0.2, -0.15) is 0 Å². The Morgan fingerprint density at radius 1 is 1.42 bits per heavy atom. The van der Waals surface area contributed by atoms with Crippen molar-refractivity contribution >= 4 is 25.6 Å². The number of hydrogen-bond donors (Lipinski definition) is 0. The van der Waals surface area contributed by atoms with Gasteiger partial charge in [0.2, 0.25) is 0 Å². The molecule has 0 aliphatic heterocycles. The first kappa shape index (κ1) is 19.0. The molecular formula is C16H32BNS. The summed E-state index contributed by atoms with van der Waals surface area (Å²) in [6.45, 7) is 10.1. The van der Waals surface area contributed by atoms with Crippen molar-refractivity contribution in [1.82, 2.24) is 4.90 Å². The maximum Gasteiger partial charge on any atom is 0.0742 e. The smallest absolute Gasteiger partial charge is 0.0742 e. The van der Waals surface area contributed by atoms with Crippen LogP contribution in [0.2, 0.25) is 5.31 Å². The quantitative estimate of drug-likeness (QED) is 0.411. The molecule has 3 unspecified atom stereocenters. The third kappa shape index (κ3) is 8.67. The molecule has 1 saturated carbocycles. The summed E-state index contributed by atoms with van der Waals surface area (Å²) in [7, 11) is 8.19. The van der Waals surface area contributed by atoms with Gasteiger partial charge in [0, 0.05) is 13.6 Å². The SMILES string of the molecule is CCCN(C)C=S.[B]C1(C)CCCC(C)C(CC)C1. The zero-order valence-corrected chi connectivity index (χ0v) is 14.4.